The lowest BCUT2D eigenvalue weighted by atomic mass is 10.2. The Morgan fingerprint density at radius 3 is 2.50 bits per heavy atom. The predicted molar refractivity (Wildman–Crippen MR) is 69.2 cm³/mol. The first-order chi connectivity index (χ1) is 8.74. The maximum absolute atomic E-state index is 11.5. The fourth-order valence-electron chi connectivity index (χ4n) is 1.57. The van der Waals surface area contributed by atoms with Gasteiger partial charge in [0.25, 0.3) is 0 Å². The van der Waals surface area contributed by atoms with Crippen LogP contribution in [0, 0.1) is 11.3 Å². The third-order valence-corrected chi connectivity index (χ3v) is 2.45. The smallest absolute Gasteiger partial charge is 0.414 e. The fourth-order valence-corrected chi connectivity index (χ4v) is 1.57. The molecular formula is C13H17N3O2. The Morgan fingerprint density at radius 2 is 2.06 bits per heavy atom. The number of nitrogens with two attached hydrogens (primary N) is 1. The summed E-state index contributed by atoms with van der Waals surface area (Å²) >= 11 is 0. The highest BCUT2D eigenvalue weighted by atomic mass is 16.6. The topological polar surface area (TPSA) is 79.3 Å². The van der Waals surface area contributed by atoms with Crippen LogP contribution in [0.3, 0.4) is 0 Å². The first-order valence-corrected chi connectivity index (χ1v) is 5.93. The number of rotatable bonds is 2. The highest BCUT2D eigenvalue weighted by Gasteiger charge is 2.31. The van der Waals surface area contributed by atoms with Crippen molar-refractivity contribution < 1.29 is 9.53 Å². The minimum Gasteiger partial charge on any atom is -0.443 e. The molecule has 2 N–H and O–H groups in total. The van der Waals surface area contributed by atoms with Gasteiger partial charge in [-0.3, -0.25) is 4.90 Å². The first-order valence-electron chi connectivity index (χ1n) is 5.93. The van der Waals surface area contributed by atoms with Crippen LogP contribution in [0.4, 0.5) is 10.5 Å². The Bertz CT molecular complexity index is 437. The summed E-state index contributed by atoms with van der Waals surface area (Å²) in [5, 5.41) is 8.65. The van der Waals surface area contributed by atoms with Gasteiger partial charge in [-0.05, 0) is 24.3 Å². The van der Waals surface area contributed by atoms with E-state index in [2.05, 4.69) is 0 Å². The average molecular weight is 247 g/mol. The Labute approximate surface area is 107 Å². The van der Waals surface area contributed by atoms with Crippen molar-refractivity contribution in [3.8, 4) is 6.07 Å². The molecule has 1 heterocycles. The number of amides is 1. The molecule has 5 heteroatoms. The van der Waals surface area contributed by atoms with Crippen molar-refractivity contribution in [2.45, 2.75) is 20.0 Å². The van der Waals surface area contributed by atoms with E-state index in [1.165, 1.54) is 4.90 Å². The van der Waals surface area contributed by atoms with Gasteiger partial charge in [-0.1, -0.05) is 13.8 Å². The monoisotopic (exact) mass is 247 g/mol. The molecule has 0 bridgehead atoms. The lowest BCUT2D eigenvalue weighted by Gasteiger charge is -2.12. The van der Waals surface area contributed by atoms with Crippen molar-refractivity contribution in [3.05, 3.63) is 29.8 Å². The number of carbonyl (C=O) groups is 1. The molecule has 1 amide bonds. The molecule has 18 heavy (non-hydrogen) atoms. The quantitative estimate of drug-likeness (QED) is 0.865. The van der Waals surface area contributed by atoms with Crippen molar-refractivity contribution >= 4 is 11.8 Å². The molecule has 1 aliphatic heterocycles. The van der Waals surface area contributed by atoms with Gasteiger partial charge in [0, 0.05) is 12.2 Å². The van der Waals surface area contributed by atoms with E-state index >= 15 is 0 Å². The van der Waals surface area contributed by atoms with Gasteiger partial charge in [-0.25, -0.2) is 4.79 Å². The van der Waals surface area contributed by atoms with Crippen molar-refractivity contribution in [1.82, 2.24) is 0 Å². The Balaban J connectivity index is 0.000000771. The number of nitriles is 1. The molecule has 5 nitrogen and oxygen atoms in total. The SMILES string of the molecule is CC.N#Cc1ccc(N2CC(CN)OC2=O)cc1. The van der Waals surface area contributed by atoms with E-state index in [1.807, 2.05) is 19.9 Å². The molecule has 0 aromatic heterocycles. The van der Waals surface area contributed by atoms with Crippen LogP contribution in [-0.4, -0.2) is 25.3 Å². The number of nitrogens with zero attached hydrogens (tertiary/aromatic N) is 2. The van der Waals surface area contributed by atoms with Crippen LogP contribution in [0.15, 0.2) is 24.3 Å². The molecule has 1 atom stereocenters. The zero-order valence-electron chi connectivity index (χ0n) is 10.6. The third kappa shape index (κ3) is 2.99. The van der Waals surface area contributed by atoms with Crippen LogP contribution in [0.25, 0.3) is 0 Å². The molecule has 1 unspecified atom stereocenters. The molecule has 1 saturated heterocycles. The molecule has 0 aliphatic carbocycles. The minimum atomic E-state index is -0.389. The van der Waals surface area contributed by atoms with Crippen LogP contribution >= 0.6 is 0 Å². The Kier molecular flexibility index (Phi) is 5.15. The highest BCUT2D eigenvalue weighted by Crippen LogP contribution is 2.21. The van der Waals surface area contributed by atoms with E-state index in [0.29, 0.717) is 18.7 Å². The minimum absolute atomic E-state index is 0.247. The van der Waals surface area contributed by atoms with Gasteiger partial charge in [-0.2, -0.15) is 5.26 Å². The number of anilines is 1. The molecule has 0 saturated carbocycles. The second-order valence-corrected chi connectivity index (χ2v) is 3.51. The van der Waals surface area contributed by atoms with Crippen LogP contribution in [0.1, 0.15) is 19.4 Å². The number of hydrogen-bond acceptors (Lipinski definition) is 4. The van der Waals surface area contributed by atoms with Crippen LogP contribution in [0.2, 0.25) is 0 Å². The molecule has 1 fully saturated rings. The van der Waals surface area contributed by atoms with E-state index in [4.69, 9.17) is 15.7 Å². The summed E-state index contributed by atoms with van der Waals surface area (Å²) < 4.78 is 5.03. The standard InChI is InChI=1S/C11H11N3O2.C2H6/c12-5-8-1-3-9(4-2-8)14-7-10(6-13)16-11(14)15;1-2/h1-4,10H,6-7,13H2;1-2H3. The normalized spacial score (nSPS) is 17.6. The molecule has 1 aromatic rings. The largest absolute Gasteiger partial charge is 0.443 e. The Morgan fingerprint density at radius 1 is 1.44 bits per heavy atom. The number of ether oxygens (including phenoxy) is 1. The van der Waals surface area contributed by atoms with E-state index in [9.17, 15) is 4.79 Å². The molecule has 0 radical (unpaired) electrons. The first kappa shape index (κ1) is 14.0. The van der Waals surface area contributed by atoms with Gasteiger partial charge < -0.3 is 10.5 Å². The molecule has 1 aliphatic rings. The summed E-state index contributed by atoms with van der Waals surface area (Å²) in [6.45, 7) is 4.78. The van der Waals surface area contributed by atoms with Gasteiger partial charge in [0.15, 0.2) is 0 Å². The molecular weight excluding hydrogens is 230 g/mol. The van der Waals surface area contributed by atoms with Crippen LogP contribution < -0.4 is 10.6 Å². The van der Waals surface area contributed by atoms with Gasteiger partial charge in [0.05, 0.1) is 18.2 Å². The van der Waals surface area contributed by atoms with Crippen molar-refractivity contribution in [2.75, 3.05) is 18.0 Å². The summed E-state index contributed by atoms with van der Waals surface area (Å²) in [5.74, 6) is 0. The van der Waals surface area contributed by atoms with Gasteiger partial charge in [0.1, 0.15) is 6.10 Å². The third-order valence-electron chi connectivity index (χ3n) is 2.45. The van der Waals surface area contributed by atoms with Gasteiger partial charge >= 0.3 is 6.09 Å². The van der Waals surface area contributed by atoms with Gasteiger partial charge in [-0.15, -0.1) is 0 Å². The highest BCUT2D eigenvalue weighted by molar-refractivity contribution is 5.89. The van der Waals surface area contributed by atoms with Crippen molar-refractivity contribution in [2.24, 2.45) is 5.73 Å². The lowest BCUT2D eigenvalue weighted by molar-refractivity contribution is 0.145. The maximum Gasteiger partial charge on any atom is 0.414 e. The molecule has 2 rings (SSSR count). The summed E-state index contributed by atoms with van der Waals surface area (Å²) in [6.07, 6.45) is -0.636. The molecule has 0 spiro atoms. The summed E-state index contributed by atoms with van der Waals surface area (Å²) in [7, 11) is 0. The van der Waals surface area contributed by atoms with Gasteiger partial charge in [0.2, 0.25) is 0 Å². The number of benzene rings is 1. The number of cyclic esters (lactones) is 1. The van der Waals surface area contributed by atoms with Crippen molar-refractivity contribution in [3.63, 3.8) is 0 Å². The molecule has 1 aromatic carbocycles. The maximum atomic E-state index is 11.5. The van der Waals surface area contributed by atoms with Crippen LogP contribution in [0.5, 0.6) is 0 Å². The lowest BCUT2D eigenvalue weighted by Crippen LogP contribution is -2.27. The Hall–Kier alpha value is -2.06. The molecule has 96 valence electrons. The van der Waals surface area contributed by atoms with Crippen molar-refractivity contribution in [1.29, 1.82) is 5.26 Å². The second kappa shape index (κ2) is 6.62. The summed E-state index contributed by atoms with van der Waals surface area (Å²) in [4.78, 5) is 13.0. The fraction of sp³-hybridized carbons (Fsp3) is 0.385. The summed E-state index contributed by atoms with van der Waals surface area (Å²) in [5.41, 5.74) is 6.72. The second-order valence-electron chi connectivity index (χ2n) is 3.51. The van der Waals surface area contributed by atoms with E-state index in [-0.39, 0.29) is 12.2 Å². The number of carbonyl (C=O) groups excluding carboxylic acids is 1. The summed E-state index contributed by atoms with van der Waals surface area (Å²) in [6, 6.07) is 8.79. The predicted octanol–water partition coefficient (Wildman–Crippen LogP) is 1.87. The van der Waals surface area contributed by atoms with E-state index in [0.717, 1.165) is 5.69 Å². The zero-order valence-corrected chi connectivity index (χ0v) is 10.6. The average Bonchev–Trinajstić information content (AvgIpc) is 2.82. The van der Waals surface area contributed by atoms with Crippen LogP contribution in [-0.2, 0) is 4.74 Å². The van der Waals surface area contributed by atoms with E-state index in [1.54, 1.807) is 24.3 Å². The zero-order chi connectivity index (χ0) is 13.5. The number of hydrogen-bond donors (Lipinski definition) is 1. The van der Waals surface area contributed by atoms with E-state index < -0.39 is 0 Å².